The molecule has 2 aromatic carbocycles. The van der Waals surface area contributed by atoms with Crippen LogP contribution in [0.1, 0.15) is 25.3 Å². The molecule has 2 saturated heterocycles. The van der Waals surface area contributed by atoms with Gasteiger partial charge in [-0.2, -0.15) is 0 Å². The zero-order chi connectivity index (χ0) is 26.4. The zero-order valence-electron chi connectivity index (χ0n) is 20.6. The fourth-order valence-corrected chi connectivity index (χ4v) is 4.29. The van der Waals surface area contributed by atoms with Crippen LogP contribution in [0.25, 0.3) is 0 Å². The van der Waals surface area contributed by atoms with E-state index in [1.807, 2.05) is 4.90 Å². The highest BCUT2D eigenvalue weighted by Crippen LogP contribution is 2.28. The van der Waals surface area contributed by atoms with Crippen molar-refractivity contribution in [1.29, 1.82) is 0 Å². The highest BCUT2D eigenvalue weighted by molar-refractivity contribution is 5.90. The summed E-state index contributed by atoms with van der Waals surface area (Å²) in [6, 6.07) is 11.3. The molecule has 1 atom stereocenters. The molecule has 2 aliphatic heterocycles. The third-order valence-corrected chi connectivity index (χ3v) is 6.21. The lowest BCUT2D eigenvalue weighted by Gasteiger charge is -2.36. The van der Waals surface area contributed by atoms with Gasteiger partial charge in [0.1, 0.15) is 17.7 Å². The predicted molar refractivity (Wildman–Crippen MR) is 136 cm³/mol. The van der Waals surface area contributed by atoms with Gasteiger partial charge in [0.2, 0.25) is 11.8 Å². The van der Waals surface area contributed by atoms with Crippen LogP contribution in [-0.2, 0) is 14.3 Å². The van der Waals surface area contributed by atoms with E-state index in [9.17, 15) is 19.5 Å². The Morgan fingerprint density at radius 1 is 1.16 bits per heavy atom. The molecule has 2 N–H and O–H groups in total. The number of hydrogen-bond donors (Lipinski definition) is 2. The molecule has 194 valence electrons. The van der Waals surface area contributed by atoms with Crippen molar-refractivity contribution in [2.24, 2.45) is 0 Å². The smallest absolute Gasteiger partial charge is 0.414 e. The van der Waals surface area contributed by atoms with E-state index in [1.54, 1.807) is 41.3 Å². The van der Waals surface area contributed by atoms with E-state index in [1.165, 1.54) is 17.9 Å². The Labute approximate surface area is 214 Å². The largest absolute Gasteiger partial charge is 0.508 e. The van der Waals surface area contributed by atoms with Crippen molar-refractivity contribution in [2.75, 3.05) is 49.1 Å². The maximum atomic E-state index is 15.0. The summed E-state index contributed by atoms with van der Waals surface area (Å²) < 4.78 is 20.2. The van der Waals surface area contributed by atoms with Gasteiger partial charge in [-0.15, -0.1) is 0 Å². The van der Waals surface area contributed by atoms with Crippen LogP contribution in [0.4, 0.5) is 20.6 Å². The minimum atomic E-state index is -0.582. The molecule has 10 heteroatoms. The van der Waals surface area contributed by atoms with Crippen LogP contribution in [0.3, 0.4) is 0 Å². The third-order valence-electron chi connectivity index (χ3n) is 6.21. The Morgan fingerprint density at radius 3 is 2.65 bits per heavy atom. The van der Waals surface area contributed by atoms with E-state index in [4.69, 9.17) is 4.74 Å². The maximum Gasteiger partial charge on any atom is 0.414 e. The Bertz CT molecular complexity index is 1230. The van der Waals surface area contributed by atoms with Crippen LogP contribution >= 0.6 is 0 Å². The number of nitrogens with one attached hydrogen (secondary N) is 1. The normalized spacial score (nSPS) is 17.2. The molecule has 0 unspecified atom stereocenters. The second-order valence-electron chi connectivity index (χ2n) is 8.91. The molecule has 4 rings (SSSR count). The number of carbonyl (C=O) groups excluding carboxylic acids is 3. The molecule has 2 heterocycles. The van der Waals surface area contributed by atoms with Gasteiger partial charge in [-0.25, -0.2) is 9.18 Å². The number of rotatable bonds is 6. The van der Waals surface area contributed by atoms with Crippen LogP contribution in [0.5, 0.6) is 5.75 Å². The first-order valence-electron chi connectivity index (χ1n) is 12.1. The average Bonchev–Trinajstić information content (AvgIpc) is 3.26. The summed E-state index contributed by atoms with van der Waals surface area (Å²) in [5.74, 6) is 5.38. The van der Waals surface area contributed by atoms with Gasteiger partial charge in [0, 0.05) is 51.5 Å². The number of hydrogen-bond acceptors (Lipinski definition) is 6. The Hall–Kier alpha value is -4.26. The highest BCUT2D eigenvalue weighted by Gasteiger charge is 2.33. The second kappa shape index (κ2) is 11.6. The van der Waals surface area contributed by atoms with Gasteiger partial charge in [0.15, 0.2) is 0 Å². The Morgan fingerprint density at radius 2 is 1.95 bits per heavy atom. The van der Waals surface area contributed by atoms with Gasteiger partial charge >= 0.3 is 6.09 Å². The number of piperazine rings is 1. The fraction of sp³-hybridized carbons (Fsp3) is 0.370. The number of cyclic esters (lactones) is 1. The van der Waals surface area contributed by atoms with Gasteiger partial charge in [-0.3, -0.25) is 14.5 Å². The zero-order valence-corrected chi connectivity index (χ0v) is 20.6. The van der Waals surface area contributed by atoms with E-state index in [0.29, 0.717) is 56.0 Å². The molecular formula is C27H29FN4O5. The van der Waals surface area contributed by atoms with Crippen molar-refractivity contribution in [1.82, 2.24) is 10.2 Å². The van der Waals surface area contributed by atoms with E-state index in [2.05, 4.69) is 17.2 Å². The minimum absolute atomic E-state index is 0.00189. The molecule has 2 aliphatic rings. The second-order valence-corrected chi connectivity index (χ2v) is 8.91. The molecule has 0 bridgehead atoms. The Kier molecular flexibility index (Phi) is 8.13. The number of phenols is 1. The third kappa shape index (κ3) is 6.70. The number of benzene rings is 2. The number of nitrogens with zero attached hydrogens (tertiary/aromatic N) is 3. The van der Waals surface area contributed by atoms with Crippen molar-refractivity contribution >= 4 is 29.3 Å². The lowest BCUT2D eigenvalue weighted by atomic mass is 10.2. The van der Waals surface area contributed by atoms with Crippen LogP contribution in [-0.4, -0.2) is 73.3 Å². The summed E-state index contributed by atoms with van der Waals surface area (Å²) in [7, 11) is 0. The number of halogens is 1. The summed E-state index contributed by atoms with van der Waals surface area (Å²) in [6.07, 6.45) is -0.372. The van der Waals surface area contributed by atoms with Crippen LogP contribution < -0.4 is 15.1 Å². The van der Waals surface area contributed by atoms with Gasteiger partial charge < -0.3 is 25.0 Å². The standard InChI is InChI=1S/C27H29FN4O5/c1-19(33)29-17-23-18-32(27(36)37-23)21-9-10-25(24(28)16-21)30-11-13-31(14-12-30)26(35)8-3-2-5-20-6-4-7-22(34)15-20/h4,6-7,9-10,15-16,23,34H,3,8,11-14,17-18H2,1H3,(H,29,33)/t23-/m0/s1. The van der Waals surface area contributed by atoms with Crippen molar-refractivity contribution in [2.45, 2.75) is 25.9 Å². The average molecular weight is 509 g/mol. The topological polar surface area (TPSA) is 102 Å². The van der Waals surface area contributed by atoms with Gasteiger partial charge in [-0.1, -0.05) is 17.9 Å². The number of aromatic hydroxyl groups is 1. The molecular weight excluding hydrogens is 479 g/mol. The molecule has 0 aromatic heterocycles. The van der Waals surface area contributed by atoms with Crippen LogP contribution in [0.15, 0.2) is 42.5 Å². The highest BCUT2D eigenvalue weighted by atomic mass is 19.1. The molecule has 0 saturated carbocycles. The van der Waals surface area contributed by atoms with Crippen LogP contribution in [0, 0.1) is 17.7 Å². The lowest BCUT2D eigenvalue weighted by Crippen LogP contribution is -2.49. The molecule has 37 heavy (non-hydrogen) atoms. The monoisotopic (exact) mass is 508 g/mol. The van der Waals surface area contributed by atoms with Gasteiger partial charge in [-0.05, 0) is 36.4 Å². The summed E-state index contributed by atoms with van der Waals surface area (Å²) in [4.78, 5) is 40.8. The minimum Gasteiger partial charge on any atom is -0.508 e. The quantitative estimate of drug-likeness (QED) is 0.582. The number of carbonyl (C=O) groups is 3. The predicted octanol–water partition coefficient (Wildman–Crippen LogP) is 2.47. The summed E-state index contributed by atoms with van der Waals surface area (Å²) >= 11 is 0. The van der Waals surface area contributed by atoms with Crippen LogP contribution in [0.2, 0.25) is 0 Å². The van der Waals surface area contributed by atoms with Crippen molar-refractivity contribution in [3.63, 3.8) is 0 Å². The molecule has 9 nitrogen and oxygen atoms in total. The molecule has 0 spiro atoms. The summed E-state index contributed by atoms with van der Waals surface area (Å²) in [5.41, 5.74) is 1.49. The summed E-state index contributed by atoms with van der Waals surface area (Å²) in [6.45, 7) is 3.73. The SMILES string of the molecule is CC(=O)NC[C@H]1CN(c2ccc(N3CCN(C(=O)CCC#Cc4cccc(O)c4)CC3)c(F)c2)C(=O)O1. The van der Waals surface area contributed by atoms with E-state index >= 15 is 4.39 Å². The van der Waals surface area contributed by atoms with Crippen molar-refractivity contribution in [3.05, 3.63) is 53.8 Å². The molecule has 0 radical (unpaired) electrons. The maximum absolute atomic E-state index is 15.0. The lowest BCUT2D eigenvalue weighted by molar-refractivity contribution is -0.131. The molecule has 2 fully saturated rings. The number of phenolic OH excluding ortho intramolecular Hbond substituents is 1. The Balaban J connectivity index is 1.27. The first kappa shape index (κ1) is 25.8. The van der Waals surface area contributed by atoms with Crippen molar-refractivity contribution < 1.29 is 28.6 Å². The number of anilines is 2. The first-order chi connectivity index (χ1) is 17.8. The van der Waals surface area contributed by atoms with E-state index < -0.39 is 18.0 Å². The molecule has 3 amide bonds. The number of ether oxygens (including phenoxy) is 1. The van der Waals surface area contributed by atoms with Crippen molar-refractivity contribution in [3.8, 4) is 17.6 Å². The number of amides is 3. The molecule has 0 aliphatic carbocycles. The summed E-state index contributed by atoms with van der Waals surface area (Å²) in [5, 5.41) is 12.1. The van der Waals surface area contributed by atoms with Gasteiger partial charge in [0.05, 0.1) is 24.5 Å². The molecule has 2 aromatic rings. The van der Waals surface area contributed by atoms with E-state index in [-0.39, 0.29) is 30.7 Å². The fourth-order valence-electron chi connectivity index (χ4n) is 4.29. The first-order valence-corrected chi connectivity index (χ1v) is 12.1. The van der Waals surface area contributed by atoms with E-state index in [0.717, 1.165) is 0 Å². The van der Waals surface area contributed by atoms with Gasteiger partial charge in [0.25, 0.3) is 0 Å².